The summed E-state index contributed by atoms with van der Waals surface area (Å²) in [4.78, 5) is 27.8. The molecule has 0 saturated carbocycles. The molecule has 33 heavy (non-hydrogen) atoms. The van der Waals surface area contributed by atoms with Crippen molar-refractivity contribution in [2.45, 2.75) is 40.3 Å². The van der Waals surface area contributed by atoms with Crippen LogP contribution < -0.4 is 10.1 Å². The van der Waals surface area contributed by atoms with Crippen LogP contribution in [-0.2, 0) is 11.3 Å². The Labute approximate surface area is 195 Å². The van der Waals surface area contributed by atoms with Gasteiger partial charge < -0.3 is 15.0 Å². The molecule has 1 N–H and O–H groups in total. The monoisotopic (exact) mass is 448 g/mol. The molecule has 0 bridgehead atoms. The number of aromatic nitrogens is 2. The van der Waals surface area contributed by atoms with Gasteiger partial charge in [0.15, 0.2) is 0 Å². The number of amides is 2. The van der Waals surface area contributed by atoms with Crippen LogP contribution in [-0.4, -0.2) is 46.7 Å². The zero-order valence-electron chi connectivity index (χ0n) is 20.1. The minimum absolute atomic E-state index is 0.0728. The van der Waals surface area contributed by atoms with E-state index in [0.29, 0.717) is 17.9 Å². The van der Waals surface area contributed by atoms with Crippen LogP contribution in [0.15, 0.2) is 54.6 Å². The van der Waals surface area contributed by atoms with Crippen LogP contribution in [0.2, 0.25) is 0 Å². The van der Waals surface area contributed by atoms with Gasteiger partial charge in [0.05, 0.1) is 18.5 Å². The molecule has 3 rings (SSSR count). The van der Waals surface area contributed by atoms with Gasteiger partial charge in [-0.15, -0.1) is 0 Å². The van der Waals surface area contributed by atoms with Crippen molar-refractivity contribution in [2.75, 3.05) is 14.2 Å². The Kier molecular flexibility index (Phi) is 7.53. The lowest BCUT2D eigenvalue weighted by molar-refractivity contribution is -0.133. The number of nitrogens with one attached hydrogen (secondary N) is 1. The summed E-state index contributed by atoms with van der Waals surface area (Å²) in [6.07, 6.45) is 0. The van der Waals surface area contributed by atoms with Crippen LogP contribution in [0.1, 0.15) is 41.2 Å². The van der Waals surface area contributed by atoms with Crippen LogP contribution in [0.25, 0.3) is 5.69 Å². The third kappa shape index (κ3) is 5.42. The minimum Gasteiger partial charge on any atom is -0.497 e. The summed E-state index contributed by atoms with van der Waals surface area (Å²) in [7, 11) is 3.33. The van der Waals surface area contributed by atoms with E-state index in [9.17, 15) is 9.59 Å². The number of para-hydroxylation sites is 1. The topological polar surface area (TPSA) is 76.5 Å². The Morgan fingerprint density at radius 1 is 1.06 bits per heavy atom. The molecule has 0 aliphatic carbocycles. The second-order valence-corrected chi connectivity index (χ2v) is 8.51. The molecule has 3 aromatic rings. The van der Waals surface area contributed by atoms with E-state index in [2.05, 4.69) is 10.4 Å². The summed E-state index contributed by atoms with van der Waals surface area (Å²) in [6.45, 7) is 8.21. The number of rotatable bonds is 8. The standard InChI is InChI=1S/C26H32N4O3/c1-17(2)24(27-25(31)20-12-14-22(33-6)15-13-20)26(32)29(5)16-23-18(3)28-30(19(23)4)21-10-8-7-9-11-21/h7-15,17,24H,16H2,1-6H3,(H,27,31). The second kappa shape index (κ2) is 10.3. The number of methoxy groups -OCH3 is 1. The summed E-state index contributed by atoms with van der Waals surface area (Å²) < 4.78 is 7.04. The first-order chi connectivity index (χ1) is 15.7. The maximum Gasteiger partial charge on any atom is 0.251 e. The average molecular weight is 449 g/mol. The number of hydrogen-bond donors (Lipinski definition) is 1. The van der Waals surface area contributed by atoms with E-state index in [-0.39, 0.29) is 17.7 Å². The predicted molar refractivity (Wildman–Crippen MR) is 129 cm³/mol. The quantitative estimate of drug-likeness (QED) is 0.567. The normalized spacial score (nSPS) is 11.8. The Morgan fingerprint density at radius 3 is 2.27 bits per heavy atom. The van der Waals surface area contributed by atoms with E-state index in [1.807, 2.05) is 62.7 Å². The Bertz CT molecular complexity index is 1100. The molecule has 2 amide bonds. The van der Waals surface area contributed by atoms with Crippen molar-refractivity contribution >= 4 is 11.8 Å². The first kappa shape index (κ1) is 24.0. The molecule has 1 atom stereocenters. The number of ether oxygens (including phenoxy) is 1. The van der Waals surface area contributed by atoms with Crippen molar-refractivity contribution in [3.05, 3.63) is 77.1 Å². The molecule has 174 valence electrons. The van der Waals surface area contributed by atoms with Crippen molar-refractivity contribution in [1.82, 2.24) is 20.0 Å². The lowest BCUT2D eigenvalue weighted by Gasteiger charge is -2.27. The maximum absolute atomic E-state index is 13.3. The lowest BCUT2D eigenvalue weighted by atomic mass is 10.0. The summed E-state index contributed by atoms with van der Waals surface area (Å²) in [5.41, 5.74) is 4.32. The molecule has 0 saturated heterocycles. The van der Waals surface area contributed by atoms with Crippen LogP contribution in [0.4, 0.5) is 0 Å². The predicted octanol–water partition coefficient (Wildman–Crippen LogP) is 3.91. The molecule has 7 nitrogen and oxygen atoms in total. The molecule has 0 spiro atoms. The van der Waals surface area contributed by atoms with E-state index in [1.54, 1.807) is 43.3 Å². The van der Waals surface area contributed by atoms with E-state index >= 15 is 0 Å². The van der Waals surface area contributed by atoms with Crippen LogP contribution in [0, 0.1) is 19.8 Å². The number of carbonyl (C=O) groups is 2. The van der Waals surface area contributed by atoms with Gasteiger partial charge in [0, 0.05) is 30.4 Å². The maximum atomic E-state index is 13.3. The van der Waals surface area contributed by atoms with Crippen LogP contribution in [0.3, 0.4) is 0 Å². The SMILES string of the molecule is COc1ccc(C(=O)NC(C(=O)N(C)Cc2c(C)nn(-c3ccccc3)c2C)C(C)C)cc1. The minimum atomic E-state index is -0.644. The van der Waals surface area contributed by atoms with Gasteiger partial charge >= 0.3 is 0 Å². The molecule has 7 heteroatoms. The molecular weight excluding hydrogens is 416 g/mol. The Hall–Kier alpha value is -3.61. The van der Waals surface area contributed by atoms with Crippen molar-refractivity contribution in [1.29, 1.82) is 0 Å². The zero-order valence-corrected chi connectivity index (χ0v) is 20.1. The van der Waals surface area contributed by atoms with Gasteiger partial charge in [-0.3, -0.25) is 9.59 Å². The molecule has 1 unspecified atom stereocenters. The molecule has 1 aromatic heterocycles. The largest absolute Gasteiger partial charge is 0.497 e. The van der Waals surface area contributed by atoms with Gasteiger partial charge in [-0.05, 0) is 56.2 Å². The first-order valence-corrected chi connectivity index (χ1v) is 11.0. The molecule has 0 radical (unpaired) electrons. The number of benzene rings is 2. The average Bonchev–Trinajstić information content (AvgIpc) is 3.10. The molecule has 0 fully saturated rings. The molecule has 2 aromatic carbocycles. The van der Waals surface area contributed by atoms with Gasteiger partial charge in [0.1, 0.15) is 11.8 Å². The molecule has 1 heterocycles. The highest BCUT2D eigenvalue weighted by Gasteiger charge is 2.28. The highest BCUT2D eigenvalue weighted by atomic mass is 16.5. The number of aryl methyl sites for hydroxylation is 1. The number of likely N-dealkylation sites (N-methyl/N-ethyl adjacent to an activating group) is 1. The van der Waals surface area contributed by atoms with Crippen molar-refractivity contribution in [3.63, 3.8) is 0 Å². The smallest absolute Gasteiger partial charge is 0.251 e. The number of carbonyl (C=O) groups excluding carboxylic acids is 2. The zero-order chi connectivity index (χ0) is 24.1. The van der Waals surface area contributed by atoms with Gasteiger partial charge in [-0.25, -0.2) is 4.68 Å². The van der Waals surface area contributed by atoms with E-state index in [0.717, 1.165) is 22.6 Å². The van der Waals surface area contributed by atoms with Crippen LogP contribution >= 0.6 is 0 Å². The lowest BCUT2D eigenvalue weighted by Crippen LogP contribution is -2.50. The molecule has 0 aliphatic heterocycles. The van der Waals surface area contributed by atoms with E-state index in [1.165, 1.54) is 0 Å². The van der Waals surface area contributed by atoms with Gasteiger partial charge in [-0.2, -0.15) is 5.10 Å². The van der Waals surface area contributed by atoms with Crippen molar-refractivity contribution < 1.29 is 14.3 Å². The summed E-state index contributed by atoms with van der Waals surface area (Å²) in [5.74, 6) is 0.168. The third-order valence-corrected chi connectivity index (χ3v) is 5.78. The Morgan fingerprint density at radius 2 is 1.70 bits per heavy atom. The third-order valence-electron chi connectivity index (χ3n) is 5.78. The summed E-state index contributed by atoms with van der Waals surface area (Å²) >= 11 is 0. The first-order valence-electron chi connectivity index (χ1n) is 11.0. The highest BCUT2D eigenvalue weighted by Crippen LogP contribution is 2.20. The molecule has 0 aliphatic rings. The fourth-order valence-electron chi connectivity index (χ4n) is 3.76. The van der Waals surface area contributed by atoms with E-state index in [4.69, 9.17) is 4.74 Å². The van der Waals surface area contributed by atoms with Crippen molar-refractivity contribution in [2.24, 2.45) is 5.92 Å². The number of hydrogen-bond acceptors (Lipinski definition) is 4. The Balaban J connectivity index is 1.75. The summed E-state index contributed by atoms with van der Waals surface area (Å²) in [5, 5.41) is 7.58. The van der Waals surface area contributed by atoms with Crippen LogP contribution in [0.5, 0.6) is 5.75 Å². The van der Waals surface area contributed by atoms with Gasteiger partial charge in [-0.1, -0.05) is 32.0 Å². The van der Waals surface area contributed by atoms with Gasteiger partial charge in [0.2, 0.25) is 5.91 Å². The van der Waals surface area contributed by atoms with E-state index < -0.39 is 6.04 Å². The highest BCUT2D eigenvalue weighted by molar-refractivity contribution is 5.97. The number of nitrogens with zero attached hydrogens (tertiary/aromatic N) is 3. The second-order valence-electron chi connectivity index (χ2n) is 8.51. The van der Waals surface area contributed by atoms with Crippen molar-refractivity contribution in [3.8, 4) is 11.4 Å². The summed E-state index contributed by atoms with van der Waals surface area (Å²) in [6, 6.07) is 16.1. The van der Waals surface area contributed by atoms with Gasteiger partial charge in [0.25, 0.3) is 5.91 Å². The fraction of sp³-hybridized carbons (Fsp3) is 0.346. The fourth-order valence-corrected chi connectivity index (χ4v) is 3.76. The molecular formula is C26H32N4O3.